The Bertz CT molecular complexity index is 178. The molecule has 0 bridgehead atoms. The van der Waals surface area contributed by atoms with Crippen LogP contribution in [0.15, 0.2) is 12.7 Å². The molecule has 0 aromatic rings. The van der Waals surface area contributed by atoms with Crippen LogP contribution in [-0.4, -0.2) is 24.0 Å². The first-order chi connectivity index (χ1) is 5.97. The van der Waals surface area contributed by atoms with Gasteiger partial charge in [0, 0.05) is 12.1 Å². The maximum atomic E-state index is 11.4. The minimum Gasteiger partial charge on any atom is -0.353 e. The van der Waals surface area contributed by atoms with E-state index in [9.17, 15) is 4.79 Å². The normalized spacial score (nSPS) is 15.2. The van der Waals surface area contributed by atoms with E-state index in [1.54, 1.807) is 6.08 Å². The third-order valence-corrected chi connectivity index (χ3v) is 1.69. The molecule has 0 fully saturated rings. The van der Waals surface area contributed by atoms with Crippen LogP contribution in [0.2, 0.25) is 0 Å². The lowest BCUT2D eigenvalue weighted by molar-refractivity contribution is -0.123. The largest absolute Gasteiger partial charge is 0.353 e. The summed E-state index contributed by atoms with van der Waals surface area (Å²) in [5.41, 5.74) is 0. The Labute approximate surface area is 80.6 Å². The molecule has 2 N–H and O–H groups in total. The minimum absolute atomic E-state index is 0.0312. The highest BCUT2D eigenvalue weighted by Gasteiger charge is 2.13. The fourth-order valence-electron chi connectivity index (χ4n) is 0.948. The lowest BCUT2D eigenvalue weighted by atomic mass is 10.2. The second-order valence-electron chi connectivity index (χ2n) is 3.58. The van der Waals surface area contributed by atoms with E-state index in [-0.39, 0.29) is 24.0 Å². The number of carbonyl (C=O) groups excluding carboxylic acids is 1. The van der Waals surface area contributed by atoms with Crippen molar-refractivity contribution < 1.29 is 4.79 Å². The average molecular weight is 184 g/mol. The first-order valence-corrected chi connectivity index (χ1v) is 4.66. The lowest BCUT2D eigenvalue weighted by Crippen LogP contribution is -2.47. The molecule has 1 amide bonds. The third-order valence-electron chi connectivity index (χ3n) is 1.69. The molecule has 0 saturated carbocycles. The molecular weight excluding hydrogens is 164 g/mol. The van der Waals surface area contributed by atoms with Crippen molar-refractivity contribution in [2.75, 3.05) is 0 Å². The highest BCUT2D eigenvalue weighted by atomic mass is 16.2. The van der Waals surface area contributed by atoms with Gasteiger partial charge in [0.2, 0.25) is 5.91 Å². The summed E-state index contributed by atoms with van der Waals surface area (Å²) >= 11 is 0. The monoisotopic (exact) mass is 184 g/mol. The molecule has 0 radical (unpaired) electrons. The van der Waals surface area contributed by atoms with E-state index in [4.69, 9.17) is 0 Å². The summed E-state index contributed by atoms with van der Waals surface area (Å²) in [6, 6.07) is 0.180. The Morgan fingerprint density at radius 3 is 2.23 bits per heavy atom. The molecule has 0 aliphatic heterocycles. The van der Waals surface area contributed by atoms with Crippen LogP contribution < -0.4 is 10.6 Å². The fraction of sp³-hybridized carbons (Fsp3) is 0.700. The maximum absolute atomic E-state index is 11.4. The van der Waals surface area contributed by atoms with Gasteiger partial charge >= 0.3 is 0 Å². The average Bonchev–Trinajstić information content (AvgIpc) is 2.02. The Balaban J connectivity index is 3.88. The van der Waals surface area contributed by atoms with Crippen LogP contribution in [0.4, 0.5) is 0 Å². The van der Waals surface area contributed by atoms with Gasteiger partial charge in [-0.3, -0.25) is 4.79 Å². The van der Waals surface area contributed by atoms with Crippen LogP contribution >= 0.6 is 0 Å². The molecule has 3 heteroatoms. The summed E-state index contributed by atoms with van der Waals surface area (Å²) in [6.45, 7) is 11.3. The van der Waals surface area contributed by atoms with Crippen molar-refractivity contribution in [1.82, 2.24) is 10.6 Å². The van der Waals surface area contributed by atoms with Gasteiger partial charge in [-0.15, -0.1) is 6.58 Å². The number of carbonyl (C=O) groups is 1. The zero-order valence-corrected chi connectivity index (χ0v) is 8.92. The van der Waals surface area contributed by atoms with Crippen molar-refractivity contribution in [3.05, 3.63) is 12.7 Å². The molecule has 0 rings (SSSR count). The van der Waals surface area contributed by atoms with Gasteiger partial charge in [0.25, 0.3) is 0 Å². The predicted molar refractivity (Wildman–Crippen MR) is 55.5 cm³/mol. The summed E-state index contributed by atoms with van der Waals surface area (Å²) in [7, 11) is 0. The van der Waals surface area contributed by atoms with Crippen LogP contribution in [0.1, 0.15) is 27.7 Å². The van der Waals surface area contributed by atoms with Gasteiger partial charge in [-0.1, -0.05) is 6.08 Å². The molecule has 0 aromatic carbocycles. The molecule has 0 saturated heterocycles. The molecule has 0 aromatic heterocycles. The van der Waals surface area contributed by atoms with Gasteiger partial charge < -0.3 is 10.6 Å². The maximum Gasteiger partial charge on any atom is 0.237 e. The number of amides is 1. The predicted octanol–water partition coefficient (Wildman–Crippen LogP) is 1.06. The molecule has 3 nitrogen and oxygen atoms in total. The van der Waals surface area contributed by atoms with E-state index < -0.39 is 0 Å². The zero-order chi connectivity index (χ0) is 10.4. The van der Waals surface area contributed by atoms with Crippen molar-refractivity contribution in [3.8, 4) is 0 Å². The molecule has 0 aliphatic rings. The van der Waals surface area contributed by atoms with Crippen LogP contribution in [0.3, 0.4) is 0 Å². The van der Waals surface area contributed by atoms with Crippen molar-refractivity contribution in [3.63, 3.8) is 0 Å². The molecular formula is C10H20N2O. The molecule has 0 spiro atoms. The third kappa shape index (κ3) is 5.42. The van der Waals surface area contributed by atoms with E-state index in [0.29, 0.717) is 0 Å². The van der Waals surface area contributed by atoms with Gasteiger partial charge in [0.05, 0.1) is 6.04 Å². The van der Waals surface area contributed by atoms with Gasteiger partial charge in [-0.25, -0.2) is 0 Å². The van der Waals surface area contributed by atoms with E-state index >= 15 is 0 Å². The van der Waals surface area contributed by atoms with Crippen LogP contribution in [0.25, 0.3) is 0 Å². The summed E-state index contributed by atoms with van der Waals surface area (Å²) < 4.78 is 0. The van der Waals surface area contributed by atoms with E-state index in [1.165, 1.54) is 0 Å². The summed E-state index contributed by atoms with van der Waals surface area (Å²) in [5.74, 6) is 0.0312. The van der Waals surface area contributed by atoms with Crippen LogP contribution in [-0.2, 0) is 4.79 Å². The summed E-state index contributed by atoms with van der Waals surface area (Å²) in [4.78, 5) is 11.4. The van der Waals surface area contributed by atoms with Crippen LogP contribution in [0.5, 0.6) is 0 Å². The second kappa shape index (κ2) is 5.75. The van der Waals surface area contributed by atoms with Gasteiger partial charge in [-0.05, 0) is 27.7 Å². The van der Waals surface area contributed by atoms with Crippen LogP contribution in [0, 0.1) is 0 Å². The molecule has 76 valence electrons. The first kappa shape index (κ1) is 12.2. The SMILES string of the molecule is C=CC(C)NC(C)C(=O)NC(C)C. The van der Waals surface area contributed by atoms with Crippen molar-refractivity contribution in [2.24, 2.45) is 0 Å². The molecule has 2 unspecified atom stereocenters. The number of hydrogen-bond donors (Lipinski definition) is 2. The highest BCUT2D eigenvalue weighted by molar-refractivity contribution is 5.81. The quantitative estimate of drug-likeness (QED) is 0.627. The highest BCUT2D eigenvalue weighted by Crippen LogP contribution is 1.89. The molecule has 2 atom stereocenters. The minimum atomic E-state index is -0.171. The van der Waals surface area contributed by atoms with E-state index in [1.807, 2.05) is 27.7 Å². The number of rotatable bonds is 5. The van der Waals surface area contributed by atoms with Gasteiger partial charge in [0.1, 0.15) is 0 Å². The zero-order valence-electron chi connectivity index (χ0n) is 8.92. The van der Waals surface area contributed by atoms with E-state index in [0.717, 1.165) is 0 Å². The van der Waals surface area contributed by atoms with Gasteiger partial charge in [-0.2, -0.15) is 0 Å². The molecule has 13 heavy (non-hydrogen) atoms. The molecule has 0 heterocycles. The standard InChI is InChI=1S/C10H20N2O/c1-6-8(4)12-9(5)10(13)11-7(2)3/h6-9,12H,1H2,2-5H3,(H,11,13). The molecule has 0 aliphatic carbocycles. The number of nitrogens with one attached hydrogen (secondary N) is 2. The summed E-state index contributed by atoms with van der Waals surface area (Å²) in [6.07, 6.45) is 1.78. The first-order valence-electron chi connectivity index (χ1n) is 4.66. The topological polar surface area (TPSA) is 41.1 Å². The summed E-state index contributed by atoms with van der Waals surface area (Å²) in [5, 5.41) is 5.94. The number of hydrogen-bond acceptors (Lipinski definition) is 2. The van der Waals surface area contributed by atoms with Crippen molar-refractivity contribution in [1.29, 1.82) is 0 Å². The second-order valence-corrected chi connectivity index (χ2v) is 3.58. The fourth-order valence-corrected chi connectivity index (χ4v) is 0.948. The van der Waals surface area contributed by atoms with E-state index in [2.05, 4.69) is 17.2 Å². The Kier molecular flexibility index (Phi) is 5.39. The van der Waals surface area contributed by atoms with Gasteiger partial charge in [0.15, 0.2) is 0 Å². The Hall–Kier alpha value is -0.830. The van der Waals surface area contributed by atoms with Crippen molar-refractivity contribution in [2.45, 2.75) is 45.8 Å². The Morgan fingerprint density at radius 2 is 1.85 bits per heavy atom. The Morgan fingerprint density at radius 1 is 1.31 bits per heavy atom. The smallest absolute Gasteiger partial charge is 0.237 e. The van der Waals surface area contributed by atoms with Crippen molar-refractivity contribution >= 4 is 5.91 Å². The lowest BCUT2D eigenvalue weighted by Gasteiger charge is -2.18.